The molecule has 90 valence electrons. The molecule has 0 spiro atoms. The van der Waals surface area contributed by atoms with E-state index in [4.69, 9.17) is 11.0 Å². The molecule has 0 saturated carbocycles. The molecule has 0 aliphatic carbocycles. The summed E-state index contributed by atoms with van der Waals surface area (Å²) in [5.41, 5.74) is 7.27. The minimum absolute atomic E-state index is 0.248. The van der Waals surface area contributed by atoms with Gasteiger partial charge in [-0.3, -0.25) is 4.90 Å². The third-order valence-corrected chi connectivity index (χ3v) is 3.53. The smallest absolute Gasteiger partial charge is 0.0641 e. The number of piperidine rings is 1. The lowest BCUT2D eigenvalue weighted by Gasteiger charge is -2.37. The second kappa shape index (κ2) is 5.31. The highest BCUT2D eigenvalue weighted by Crippen LogP contribution is 2.23. The second-order valence-corrected chi connectivity index (χ2v) is 4.96. The van der Waals surface area contributed by atoms with Crippen molar-refractivity contribution in [1.82, 2.24) is 4.90 Å². The van der Waals surface area contributed by atoms with Crippen molar-refractivity contribution >= 4 is 0 Å². The Kier molecular flexibility index (Phi) is 3.78. The predicted molar refractivity (Wildman–Crippen MR) is 68.1 cm³/mol. The van der Waals surface area contributed by atoms with E-state index in [2.05, 4.69) is 35.2 Å². The molecule has 0 atom stereocenters. The van der Waals surface area contributed by atoms with Gasteiger partial charge in [0.05, 0.1) is 12.5 Å². The minimum atomic E-state index is -0.248. The molecule has 1 aromatic rings. The molecule has 0 aromatic heterocycles. The zero-order valence-corrected chi connectivity index (χ0v) is 10.1. The molecule has 1 fully saturated rings. The molecule has 17 heavy (non-hydrogen) atoms. The van der Waals surface area contributed by atoms with E-state index in [1.165, 1.54) is 5.56 Å². The maximum absolute atomic E-state index is 8.74. The van der Waals surface area contributed by atoms with Crippen molar-refractivity contribution in [3.05, 3.63) is 35.9 Å². The van der Waals surface area contributed by atoms with E-state index in [0.29, 0.717) is 6.42 Å². The molecule has 0 unspecified atom stereocenters. The molecule has 0 radical (unpaired) electrons. The molecular weight excluding hydrogens is 210 g/mol. The molecule has 3 nitrogen and oxygen atoms in total. The number of hydrogen-bond acceptors (Lipinski definition) is 3. The van der Waals surface area contributed by atoms with Gasteiger partial charge in [-0.25, -0.2) is 0 Å². The van der Waals surface area contributed by atoms with E-state index in [9.17, 15) is 0 Å². The fourth-order valence-electron chi connectivity index (χ4n) is 2.33. The van der Waals surface area contributed by atoms with Crippen molar-refractivity contribution in [2.75, 3.05) is 13.1 Å². The summed E-state index contributed by atoms with van der Waals surface area (Å²) in [4.78, 5) is 2.41. The summed E-state index contributed by atoms with van der Waals surface area (Å²) in [7, 11) is 0. The van der Waals surface area contributed by atoms with Gasteiger partial charge in [-0.2, -0.15) is 5.26 Å². The Morgan fingerprint density at radius 2 is 1.88 bits per heavy atom. The van der Waals surface area contributed by atoms with Crippen molar-refractivity contribution in [2.45, 2.75) is 31.3 Å². The van der Waals surface area contributed by atoms with E-state index in [1.807, 2.05) is 6.07 Å². The fourth-order valence-corrected chi connectivity index (χ4v) is 2.33. The van der Waals surface area contributed by atoms with Crippen LogP contribution in [0, 0.1) is 11.3 Å². The van der Waals surface area contributed by atoms with Crippen LogP contribution < -0.4 is 5.73 Å². The van der Waals surface area contributed by atoms with Crippen molar-refractivity contribution < 1.29 is 0 Å². The van der Waals surface area contributed by atoms with Gasteiger partial charge >= 0.3 is 0 Å². The third-order valence-electron chi connectivity index (χ3n) is 3.53. The average molecular weight is 229 g/mol. The van der Waals surface area contributed by atoms with Crippen LogP contribution in [0.3, 0.4) is 0 Å². The molecule has 1 aliphatic heterocycles. The Bertz CT molecular complexity index is 386. The van der Waals surface area contributed by atoms with Gasteiger partial charge < -0.3 is 5.73 Å². The quantitative estimate of drug-likeness (QED) is 0.861. The number of benzene rings is 1. The number of nitrogens with two attached hydrogens (primary N) is 1. The van der Waals surface area contributed by atoms with Crippen LogP contribution in [0.5, 0.6) is 0 Å². The molecular formula is C14H19N3. The zero-order valence-electron chi connectivity index (χ0n) is 10.1. The van der Waals surface area contributed by atoms with Gasteiger partial charge in [0.1, 0.15) is 0 Å². The van der Waals surface area contributed by atoms with Gasteiger partial charge in [0, 0.05) is 25.2 Å². The van der Waals surface area contributed by atoms with E-state index < -0.39 is 0 Å². The molecule has 1 aromatic carbocycles. The van der Waals surface area contributed by atoms with Crippen LogP contribution in [0.1, 0.15) is 24.8 Å². The summed E-state index contributed by atoms with van der Waals surface area (Å²) in [5, 5.41) is 8.74. The lowest BCUT2D eigenvalue weighted by molar-refractivity contribution is 0.157. The van der Waals surface area contributed by atoms with E-state index in [1.54, 1.807) is 0 Å². The summed E-state index contributed by atoms with van der Waals surface area (Å²) in [6.07, 6.45) is 2.33. The number of nitrogens with zero attached hydrogens (tertiary/aromatic N) is 2. The molecule has 1 heterocycles. The summed E-state index contributed by atoms with van der Waals surface area (Å²) < 4.78 is 0. The highest BCUT2D eigenvalue weighted by atomic mass is 15.1. The van der Waals surface area contributed by atoms with E-state index >= 15 is 0 Å². The Morgan fingerprint density at radius 3 is 2.47 bits per heavy atom. The van der Waals surface area contributed by atoms with Crippen LogP contribution in [0.25, 0.3) is 0 Å². The molecule has 2 N–H and O–H groups in total. The highest BCUT2D eigenvalue weighted by molar-refractivity contribution is 5.14. The van der Waals surface area contributed by atoms with Crippen molar-refractivity contribution in [3.8, 4) is 6.07 Å². The van der Waals surface area contributed by atoms with Crippen LogP contribution in [0.15, 0.2) is 30.3 Å². The maximum Gasteiger partial charge on any atom is 0.0641 e. The number of rotatable bonds is 3. The molecule has 1 aliphatic rings. The third kappa shape index (κ3) is 3.29. The second-order valence-electron chi connectivity index (χ2n) is 4.96. The maximum atomic E-state index is 8.74. The van der Waals surface area contributed by atoms with E-state index in [-0.39, 0.29) is 5.54 Å². The lowest BCUT2D eigenvalue weighted by atomic mass is 9.86. The van der Waals surface area contributed by atoms with Gasteiger partial charge in [-0.15, -0.1) is 0 Å². The van der Waals surface area contributed by atoms with Crippen LogP contribution in [0.2, 0.25) is 0 Å². The normalized spacial score (nSPS) is 19.8. The first-order valence-electron chi connectivity index (χ1n) is 6.14. The van der Waals surface area contributed by atoms with Gasteiger partial charge in [-0.1, -0.05) is 30.3 Å². The summed E-state index contributed by atoms with van der Waals surface area (Å²) in [6.45, 7) is 2.98. The first-order chi connectivity index (χ1) is 8.22. The fraction of sp³-hybridized carbons (Fsp3) is 0.500. The van der Waals surface area contributed by atoms with Gasteiger partial charge in [-0.05, 0) is 18.4 Å². The predicted octanol–water partition coefficient (Wildman–Crippen LogP) is 1.89. The van der Waals surface area contributed by atoms with Crippen LogP contribution >= 0.6 is 0 Å². The summed E-state index contributed by atoms with van der Waals surface area (Å²) in [6, 6.07) is 12.7. The lowest BCUT2D eigenvalue weighted by Crippen LogP contribution is -2.49. The van der Waals surface area contributed by atoms with Crippen molar-refractivity contribution in [3.63, 3.8) is 0 Å². The monoisotopic (exact) mass is 229 g/mol. The average Bonchev–Trinajstić information content (AvgIpc) is 2.34. The van der Waals surface area contributed by atoms with Crippen molar-refractivity contribution in [1.29, 1.82) is 5.26 Å². The number of likely N-dealkylation sites (tertiary alicyclic amines) is 1. The molecule has 2 rings (SSSR count). The Labute approximate surface area is 103 Å². The largest absolute Gasteiger partial charge is 0.324 e. The minimum Gasteiger partial charge on any atom is -0.324 e. The molecule has 0 amide bonds. The Hall–Kier alpha value is -1.37. The summed E-state index contributed by atoms with van der Waals surface area (Å²) in [5.74, 6) is 0. The number of nitriles is 1. The Morgan fingerprint density at radius 1 is 1.24 bits per heavy atom. The van der Waals surface area contributed by atoms with Gasteiger partial charge in [0.25, 0.3) is 0 Å². The molecule has 3 heteroatoms. The van der Waals surface area contributed by atoms with E-state index in [0.717, 1.165) is 32.5 Å². The van der Waals surface area contributed by atoms with Crippen LogP contribution in [-0.4, -0.2) is 23.5 Å². The van der Waals surface area contributed by atoms with Crippen molar-refractivity contribution in [2.24, 2.45) is 5.73 Å². The zero-order chi connectivity index (χ0) is 12.1. The highest BCUT2D eigenvalue weighted by Gasteiger charge is 2.30. The molecule has 1 saturated heterocycles. The summed E-state index contributed by atoms with van der Waals surface area (Å²) >= 11 is 0. The van der Waals surface area contributed by atoms with Crippen LogP contribution in [-0.2, 0) is 6.54 Å². The number of hydrogen-bond donors (Lipinski definition) is 1. The van der Waals surface area contributed by atoms with Crippen LogP contribution in [0.4, 0.5) is 0 Å². The topological polar surface area (TPSA) is 53.1 Å². The van der Waals surface area contributed by atoms with Gasteiger partial charge in [0.15, 0.2) is 0 Å². The first kappa shape index (κ1) is 12.1. The molecule has 0 bridgehead atoms. The first-order valence-corrected chi connectivity index (χ1v) is 6.14. The SMILES string of the molecule is N#CCC1(N)CCN(Cc2ccccc2)CC1. The van der Waals surface area contributed by atoms with Gasteiger partial charge in [0.2, 0.25) is 0 Å². The standard InChI is InChI=1S/C14H19N3/c15-9-6-14(16)7-10-17(11-8-14)12-13-4-2-1-3-5-13/h1-5H,6-8,10-12,16H2. The Balaban J connectivity index is 1.86.